The van der Waals surface area contributed by atoms with Crippen LogP contribution in [0.5, 0.6) is 11.6 Å². The van der Waals surface area contributed by atoms with E-state index >= 15 is 0 Å². The first-order chi connectivity index (χ1) is 16.1. The lowest BCUT2D eigenvalue weighted by molar-refractivity contribution is 0.0963. The minimum atomic E-state index is -0.373. The van der Waals surface area contributed by atoms with Gasteiger partial charge in [-0.25, -0.2) is 14.4 Å². The van der Waals surface area contributed by atoms with Crippen molar-refractivity contribution in [3.63, 3.8) is 0 Å². The Kier molecular flexibility index (Phi) is 8.76. The topological polar surface area (TPSA) is 87.6 Å². The second-order valence-electron chi connectivity index (χ2n) is 7.18. The van der Waals surface area contributed by atoms with Crippen LogP contribution >= 0.6 is 0 Å². The number of carbonyl (C=O) groups excluding carboxylic acids is 1. The van der Waals surface area contributed by atoms with Crippen molar-refractivity contribution in [2.24, 2.45) is 4.99 Å². The lowest BCUT2D eigenvalue weighted by Crippen LogP contribution is -2.38. The van der Waals surface area contributed by atoms with E-state index in [1.54, 1.807) is 31.4 Å². The third-order valence-corrected chi connectivity index (χ3v) is 4.73. The Labute approximate surface area is 193 Å². The summed E-state index contributed by atoms with van der Waals surface area (Å²) in [6.07, 6.45) is 2.36. The van der Waals surface area contributed by atoms with Crippen LogP contribution in [0.4, 0.5) is 4.39 Å². The van der Waals surface area contributed by atoms with Crippen LogP contribution in [0.15, 0.2) is 71.9 Å². The Morgan fingerprint density at radius 1 is 1.09 bits per heavy atom. The molecule has 0 saturated carbocycles. The second kappa shape index (κ2) is 12.2. The summed E-state index contributed by atoms with van der Waals surface area (Å²) < 4.78 is 19.2. The van der Waals surface area contributed by atoms with E-state index < -0.39 is 0 Å². The maximum absolute atomic E-state index is 13.5. The van der Waals surface area contributed by atoms with E-state index in [1.165, 1.54) is 12.1 Å². The van der Waals surface area contributed by atoms with Crippen LogP contribution in [0, 0.1) is 5.82 Å². The minimum absolute atomic E-state index is 0.104. The number of amides is 1. The predicted molar refractivity (Wildman–Crippen MR) is 127 cm³/mol. The molecule has 1 amide bonds. The van der Waals surface area contributed by atoms with Crippen molar-refractivity contribution in [1.82, 2.24) is 20.9 Å². The normalized spacial score (nSPS) is 11.1. The Morgan fingerprint density at radius 2 is 1.94 bits per heavy atom. The summed E-state index contributed by atoms with van der Waals surface area (Å²) in [5.41, 5.74) is 2.47. The van der Waals surface area contributed by atoms with Crippen LogP contribution in [-0.4, -0.2) is 37.0 Å². The Bertz CT molecular complexity index is 1100. The van der Waals surface area contributed by atoms with Gasteiger partial charge in [0.25, 0.3) is 5.91 Å². The molecular weight excluding hydrogens is 421 g/mol. The molecule has 33 heavy (non-hydrogen) atoms. The van der Waals surface area contributed by atoms with E-state index in [0.29, 0.717) is 42.8 Å². The summed E-state index contributed by atoms with van der Waals surface area (Å²) in [6.45, 7) is 3.67. The summed E-state index contributed by atoms with van der Waals surface area (Å²) in [5, 5.41) is 9.16. The standard InChI is InChI=1S/C25H28FN5O2/c1-3-28-25(30-14-12-18-7-4-8-19(15-18)23(32)27-2)31-17-20-9-6-13-29-24(20)33-22-11-5-10-21(26)16-22/h4-11,13,15-16H,3,12,14,17H2,1-2H3,(H,27,32)(H2,28,30,31). The first kappa shape index (κ1) is 23.7. The smallest absolute Gasteiger partial charge is 0.251 e. The number of nitrogens with zero attached hydrogens (tertiary/aromatic N) is 2. The highest BCUT2D eigenvalue weighted by molar-refractivity contribution is 5.94. The SMILES string of the molecule is CCNC(=NCc1cccnc1Oc1cccc(F)c1)NCCc1cccc(C(=O)NC)c1. The highest BCUT2D eigenvalue weighted by Gasteiger charge is 2.08. The molecule has 0 radical (unpaired) electrons. The van der Waals surface area contributed by atoms with Gasteiger partial charge in [0, 0.05) is 43.5 Å². The molecule has 0 aliphatic rings. The zero-order valence-corrected chi connectivity index (χ0v) is 18.8. The van der Waals surface area contributed by atoms with E-state index in [1.807, 2.05) is 37.3 Å². The minimum Gasteiger partial charge on any atom is -0.439 e. The predicted octanol–water partition coefficient (Wildman–Crippen LogP) is 3.67. The molecule has 0 fully saturated rings. The molecule has 1 aromatic heterocycles. The largest absolute Gasteiger partial charge is 0.439 e. The van der Waals surface area contributed by atoms with Crippen molar-refractivity contribution < 1.29 is 13.9 Å². The maximum Gasteiger partial charge on any atom is 0.251 e. The fourth-order valence-electron chi connectivity index (χ4n) is 3.12. The van der Waals surface area contributed by atoms with Crippen molar-refractivity contribution in [2.45, 2.75) is 19.9 Å². The lowest BCUT2D eigenvalue weighted by Gasteiger charge is -2.13. The van der Waals surface area contributed by atoms with Crippen LogP contribution in [0.3, 0.4) is 0 Å². The van der Waals surface area contributed by atoms with Crippen molar-refractivity contribution >= 4 is 11.9 Å². The summed E-state index contributed by atoms with van der Waals surface area (Å²) >= 11 is 0. The van der Waals surface area contributed by atoms with E-state index in [0.717, 1.165) is 17.5 Å². The highest BCUT2D eigenvalue weighted by atomic mass is 19.1. The molecule has 7 nitrogen and oxygen atoms in total. The summed E-state index contributed by atoms with van der Waals surface area (Å²) in [4.78, 5) is 20.7. The van der Waals surface area contributed by atoms with Gasteiger partial charge < -0.3 is 20.7 Å². The Hall–Kier alpha value is -3.94. The quantitative estimate of drug-likeness (QED) is 0.343. The van der Waals surface area contributed by atoms with E-state index in [4.69, 9.17) is 4.74 Å². The number of hydrogen-bond acceptors (Lipinski definition) is 4. The van der Waals surface area contributed by atoms with Gasteiger partial charge >= 0.3 is 0 Å². The number of benzene rings is 2. The van der Waals surface area contributed by atoms with Gasteiger partial charge in [0.15, 0.2) is 5.96 Å². The first-order valence-electron chi connectivity index (χ1n) is 10.8. The molecule has 3 aromatic rings. The van der Waals surface area contributed by atoms with Crippen molar-refractivity contribution in [2.75, 3.05) is 20.1 Å². The van der Waals surface area contributed by atoms with Crippen molar-refractivity contribution in [1.29, 1.82) is 0 Å². The van der Waals surface area contributed by atoms with Crippen molar-refractivity contribution in [3.05, 3.63) is 89.4 Å². The average molecular weight is 450 g/mol. The summed E-state index contributed by atoms with van der Waals surface area (Å²) in [7, 11) is 1.62. The van der Waals surface area contributed by atoms with Gasteiger partial charge in [-0.3, -0.25) is 4.79 Å². The molecule has 172 valence electrons. The average Bonchev–Trinajstić information content (AvgIpc) is 2.83. The van der Waals surface area contributed by atoms with Crippen LogP contribution in [-0.2, 0) is 13.0 Å². The van der Waals surface area contributed by atoms with E-state index in [2.05, 4.69) is 25.9 Å². The third-order valence-electron chi connectivity index (χ3n) is 4.73. The van der Waals surface area contributed by atoms with Gasteiger partial charge in [-0.2, -0.15) is 0 Å². The number of pyridine rings is 1. The molecular formula is C25H28FN5O2. The van der Waals surface area contributed by atoms with Gasteiger partial charge in [-0.15, -0.1) is 0 Å². The Balaban J connectivity index is 1.63. The zero-order chi connectivity index (χ0) is 23.5. The Morgan fingerprint density at radius 3 is 2.73 bits per heavy atom. The molecule has 0 aliphatic carbocycles. The van der Waals surface area contributed by atoms with Gasteiger partial charge in [-0.05, 0) is 49.2 Å². The monoisotopic (exact) mass is 449 g/mol. The fourth-order valence-corrected chi connectivity index (χ4v) is 3.12. The molecule has 0 aliphatic heterocycles. The maximum atomic E-state index is 13.5. The summed E-state index contributed by atoms with van der Waals surface area (Å²) in [6, 6.07) is 17.2. The molecule has 3 rings (SSSR count). The molecule has 0 bridgehead atoms. The van der Waals surface area contributed by atoms with Crippen LogP contribution in [0.25, 0.3) is 0 Å². The van der Waals surface area contributed by atoms with Crippen LogP contribution < -0.4 is 20.7 Å². The zero-order valence-electron chi connectivity index (χ0n) is 18.8. The molecule has 8 heteroatoms. The van der Waals surface area contributed by atoms with Crippen LogP contribution in [0.1, 0.15) is 28.4 Å². The molecule has 0 saturated heterocycles. The van der Waals surface area contributed by atoms with Crippen molar-refractivity contribution in [3.8, 4) is 11.6 Å². The van der Waals surface area contributed by atoms with Gasteiger partial charge in [0.05, 0.1) is 6.54 Å². The number of aromatic nitrogens is 1. The molecule has 3 N–H and O–H groups in total. The highest BCUT2D eigenvalue weighted by Crippen LogP contribution is 2.23. The second-order valence-corrected chi connectivity index (χ2v) is 7.18. The number of ether oxygens (including phenoxy) is 1. The molecule has 0 atom stereocenters. The number of nitrogens with one attached hydrogen (secondary N) is 3. The number of halogens is 1. The number of rotatable bonds is 9. The molecule has 2 aromatic carbocycles. The van der Waals surface area contributed by atoms with Gasteiger partial charge in [0.2, 0.25) is 5.88 Å². The van der Waals surface area contributed by atoms with E-state index in [-0.39, 0.29) is 11.7 Å². The van der Waals surface area contributed by atoms with E-state index in [9.17, 15) is 9.18 Å². The number of guanidine groups is 1. The molecule has 0 spiro atoms. The van der Waals surface area contributed by atoms with Gasteiger partial charge in [-0.1, -0.05) is 24.3 Å². The molecule has 1 heterocycles. The number of hydrogen-bond donors (Lipinski definition) is 3. The molecule has 0 unspecified atom stereocenters. The number of carbonyl (C=O) groups is 1. The fraction of sp³-hybridized carbons (Fsp3) is 0.240. The lowest BCUT2D eigenvalue weighted by atomic mass is 10.1. The first-order valence-corrected chi connectivity index (χ1v) is 10.8. The van der Waals surface area contributed by atoms with Gasteiger partial charge in [0.1, 0.15) is 11.6 Å². The van der Waals surface area contributed by atoms with Crippen LogP contribution in [0.2, 0.25) is 0 Å². The third kappa shape index (κ3) is 7.31. The number of aliphatic imine (C=N–C) groups is 1. The summed E-state index contributed by atoms with van der Waals surface area (Å²) in [5.74, 6) is 0.937.